The van der Waals surface area contributed by atoms with Gasteiger partial charge in [-0.2, -0.15) is 5.26 Å². The molecule has 1 amide bonds. The van der Waals surface area contributed by atoms with E-state index in [-0.39, 0.29) is 5.91 Å². The zero-order valence-electron chi connectivity index (χ0n) is 11.9. The third kappa shape index (κ3) is 2.70. The van der Waals surface area contributed by atoms with Crippen LogP contribution in [0.15, 0.2) is 46.9 Å². The van der Waals surface area contributed by atoms with Crippen LogP contribution in [0.3, 0.4) is 0 Å². The predicted molar refractivity (Wildman–Crippen MR) is 86.6 cm³/mol. The fourth-order valence-electron chi connectivity index (χ4n) is 2.41. The highest BCUT2D eigenvalue weighted by Crippen LogP contribution is 2.37. The summed E-state index contributed by atoms with van der Waals surface area (Å²) in [5, 5.41) is 8.85. The van der Waals surface area contributed by atoms with Gasteiger partial charge in [-0.3, -0.25) is 4.79 Å². The van der Waals surface area contributed by atoms with Crippen molar-refractivity contribution in [2.45, 2.75) is 19.6 Å². The Morgan fingerprint density at radius 3 is 2.68 bits per heavy atom. The summed E-state index contributed by atoms with van der Waals surface area (Å²) >= 11 is 3.43. The number of rotatable bonds is 2. The van der Waals surface area contributed by atoms with Crippen LogP contribution in [-0.2, 0) is 11.3 Å². The van der Waals surface area contributed by atoms with Gasteiger partial charge in [-0.15, -0.1) is 0 Å². The van der Waals surface area contributed by atoms with Crippen molar-refractivity contribution < 1.29 is 9.53 Å². The van der Waals surface area contributed by atoms with Crippen LogP contribution in [0.2, 0.25) is 0 Å². The first kappa shape index (κ1) is 14.6. The summed E-state index contributed by atoms with van der Waals surface area (Å²) < 4.78 is 6.54. The van der Waals surface area contributed by atoms with E-state index in [1.807, 2.05) is 30.3 Å². The molecule has 0 fully saturated rings. The predicted octanol–water partition coefficient (Wildman–Crippen LogP) is 3.63. The van der Waals surface area contributed by atoms with Gasteiger partial charge in [-0.1, -0.05) is 28.1 Å². The fraction of sp³-hybridized carbons (Fsp3) is 0.176. The summed E-state index contributed by atoms with van der Waals surface area (Å²) in [7, 11) is 0. The Bertz CT molecular complexity index is 765. The molecule has 0 saturated carbocycles. The van der Waals surface area contributed by atoms with Crippen LogP contribution in [0.5, 0.6) is 5.75 Å². The number of carbonyl (C=O) groups excluding carboxylic acids is 1. The summed E-state index contributed by atoms with van der Waals surface area (Å²) in [5.74, 6) is 0.624. The van der Waals surface area contributed by atoms with Crippen molar-refractivity contribution in [1.29, 1.82) is 5.26 Å². The molecule has 1 aliphatic rings. The average molecular weight is 357 g/mol. The van der Waals surface area contributed by atoms with E-state index in [4.69, 9.17) is 10.00 Å². The first-order valence-corrected chi connectivity index (χ1v) is 7.64. The largest absolute Gasteiger partial charge is 0.479 e. The van der Waals surface area contributed by atoms with E-state index >= 15 is 0 Å². The molecule has 3 rings (SSSR count). The van der Waals surface area contributed by atoms with Gasteiger partial charge in [0.1, 0.15) is 5.75 Å². The molecule has 0 unspecified atom stereocenters. The molecule has 0 saturated heterocycles. The minimum atomic E-state index is -0.507. The second-order valence-corrected chi connectivity index (χ2v) is 6.02. The Hall–Kier alpha value is -2.32. The number of carbonyl (C=O) groups is 1. The number of hydrogen-bond acceptors (Lipinski definition) is 3. The van der Waals surface area contributed by atoms with Gasteiger partial charge in [0.2, 0.25) is 0 Å². The molecule has 1 heterocycles. The molecule has 22 heavy (non-hydrogen) atoms. The van der Waals surface area contributed by atoms with E-state index in [1.165, 1.54) is 0 Å². The summed E-state index contributed by atoms with van der Waals surface area (Å²) in [5.41, 5.74) is 2.32. The lowest BCUT2D eigenvalue weighted by atomic mass is 10.1. The van der Waals surface area contributed by atoms with Crippen molar-refractivity contribution in [3.63, 3.8) is 0 Å². The van der Waals surface area contributed by atoms with Crippen molar-refractivity contribution in [2.24, 2.45) is 0 Å². The molecular formula is C17H13BrN2O2. The number of anilines is 1. The topological polar surface area (TPSA) is 53.3 Å². The van der Waals surface area contributed by atoms with E-state index in [9.17, 15) is 4.79 Å². The number of hydrogen-bond donors (Lipinski definition) is 0. The summed E-state index contributed by atoms with van der Waals surface area (Å²) in [6.45, 7) is 2.20. The highest BCUT2D eigenvalue weighted by atomic mass is 79.9. The smallest absolute Gasteiger partial charge is 0.268 e. The average Bonchev–Trinajstić information content (AvgIpc) is 2.53. The van der Waals surface area contributed by atoms with Crippen LogP contribution >= 0.6 is 15.9 Å². The molecule has 0 aliphatic carbocycles. The summed E-state index contributed by atoms with van der Waals surface area (Å²) in [4.78, 5) is 14.2. The molecule has 2 aromatic carbocycles. The van der Waals surface area contributed by atoms with E-state index in [0.717, 1.165) is 15.7 Å². The Morgan fingerprint density at radius 2 is 2.00 bits per heavy atom. The van der Waals surface area contributed by atoms with Gasteiger partial charge in [0.15, 0.2) is 6.10 Å². The normalized spacial score (nSPS) is 16.7. The van der Waals surface area contributed by atoms with Crippen LogP contribution in [0, 0.1) is 11.3 Å². The van der Waals surface area contributed by atoms with Crippen molar-refractivity contribution in [3.8, 4) is 11.8 Å². The minimum Gasteiger partial charge on any atom is -0.479 e. The van der Waals surface area contributed by atoms with Gasteiger partial charge < -0.3 is 9.64 Å². The molecule has 4 nitrogen and oxygen atoms in total. The maximum atomic E-state index is 12.5. The first-order chi connectivity index (χ1) is 10.6. The van der Waals surface area contributed by atoms with E-state index in [1.54, 1.807) is 24.0 Å². The molecule has 0 aromatic heterocycles. The van der Waals surface area contributed by atoms with Crippen LogP contribution < -0.4 is 9.64 Å². The van der Waals surface area contributed by atoms with Gasteiger partial charge in [0, 0.05) is 4.47 Å². The lowest BCUT2D eigenvalue weighted by molar-refractivity contribution is -0.125. The SMILES string of the molecule is C[C@@H]1Oc2ccc(Br)cc2N(Cc2ccc(C#N)cc2)C1=O. The van der Waals surface area contributed by atoms with Gasteiger partial charge in [0.05, 0.1) is 23.9 Å². The molecular weight excluding hydrogens is 344 g/mol. The third-order valence-corrected chi connectivity index (χ3v) is 4.05. The summed E-state index contributed by atoms with van der Waals surface area (Å²) in [6.07, 6.45) is -0.507. The zero-order chi connectivity index (χ0) is 15.7. The second kappa shape index (κ2) is 5.82. The number of fused-ring (bicyclic) bond motifs is 1. The number of halogens is 1. The second-order valence-electron chi connectivity index (χ2n) is 5.11. The minimum absolute atomic E-state index is 0.0741. The Morgan fingerprint density at radius 1 is 1.27 bits per heavy atom. The standard InChI is InChI=1S/C17H13BrN2O2/c1-11-17(21)20(10-13-4-2-12(9-19)3-5-13)15-8-14(18)6-7-16(15)22-11/h2-8,11H,10H2,1H3/t11-/m0/s1. The quantitative estimate of drug-likeness (QED) is 0.825. The molecule has 1 aliphatic heterocycles. The molecule has 1 atom stereocenters. The molecule has 0 radical (unpaired) electrons. The van der Waals surface area contributed by atoms with Gasteiger partial charge in [0.25, 0.3) is 5.91 Å². The highest BCUT2D eigenvalue weighted by Gasteiger charge is 2.31. The highest BCUT2D eigenvalue weighted by molar-refractivity contribution is 9.10. The van der Waals surface area contributed by atoms with E-state index in [2.05, 4.69) is 22.0 Å². The Balaban J connectivity index is 1.96. The van der Waals surface area contributed by atoms with Crippen molar-refractivity contribution >= 4 is 27.5 Å². The number of benzene rings is 2. The van der Waals surface area contributed by atoms with Crippen molar-refractivity contribution in [1.82, 2.24) is 0 Å². The van der Waals surface area contributed by atoms with Crippen LogP contribution in [0.4, 0.5) is 5.69 Å². The Kier molecular flexibility index (Phi) is 3.86. The molecule has 0 spiro atoms. The van der Waals surface area contributed by atoms with Gasteiger partial charge in [-0.25, -0.2) is 0 Å². The van der Waals surface area contributed by atoms with Crippen molar-refractivity contribution in [2.75, 3.05) is 4.90 Å². The number of amides is 1. The lowest BCUT2D eigenvalue weighted by Crippen LogP contribution is -2.44. The van der Waals surface area contributed by atoms with Gasteiger partial charge in [-0.05, 0) is 42.8 Å². The lowest BCUT2D eigenvalue weighted by Gasteiger charge is -2.33. The van der Waals surface area contributed by atoms with Crippen molar-refractivity contribution in [3.05, 3.63) is 58.1 Å². The third-order valence-electron chi connectivity index (χ3n) is 3.55. The number of nitriles is 1. The molecule has 0 bridgehead atoms. The van der Waals surface area contributed by atoms with E-state index < -0.39 is 6.10 Å². The molecule has 110 valence electrons. The van der Waals surface area contributed by atoms with E-state index in [0.29, 0.717) is 17.9 Å². The van der Waals surface area contributed by atoms with Crippen LogP contribution in [0.1, 0.15) is 18.1 Å². The summed E-state index contributed by atoms with van der Waals surface area (Å²) in [6, 6.07) is 15.0. The molecule has 2 aromatic rings. The fourth-order valence-corrected chi connectivity index (χ4v) is 2.76. The maximum Gasteiger partial charge on any atom is 0.268 e. The van der Waals surface area contributed by atoms with Crippen LogP contribution in [-0.4, -0.2) is 12.0 Å². The zero-order valence-corrected chi connectivity index (χ0v) is 13.5. The maximum absolute atomic E-state index is 12.5. The molecule has 5 heteroatoms. The number of nitrogens with zero attached hydrogens (tertiary/aromatic N) is 2. The first-order valence-electron chi connectivity index (χ1n) is 6.85. The Labute approximate surface area is 137 Å². The van der Waals surface area contributed by atoms with Gasteiger partial charge >= 0.3 is 0 Å². The molecule has 0 N–H and O–H groups in total. The number of ether oxygens (including phenoxy) is 1. The monoisotopic (exact) mass is 356 g/mol. The van der Waals surface area contributed by atoms with Crippen LogP contribution in [0.25, 0.3) is 0 Å².